The van der Waals surface area contributed by atoms with Crippen molar-refractivity contribution in [2.45, 2.75) is 11.0 Å². The lowest BCUT2D eigenvalue weighted by molar-refractivity contribution is -0.483. The van der Waals surface area contributed by atoms with Gasteiger partial charge in [0.2, 0.25) is 5.88 Å². The average molecular weight is 296 g/mol. The maximum atomic E-state index is 11.6. The van der Waals surface area contributed by atoms with E-state index in [1.807, 2.05) is 0 Å². The summed E-state index contributed by atoms with van der Waals surface area (Å²) in [7, 11) is -11.9. The van der Waals surface area contributed by atoms with Crippen LogP contribution in [0.15, 0.2) is 0 Å². The van der Waals surface area contributed by atoms with Crippen molar-refractivity contribution in [1.29, 1.82) is 0 Å². The zero-order valence-electron chi connectivity index (χ0n) is 7.00. The number of nitrogens with two attached hydrogens (primary N) is 1. The minimum absolute atomic E-state index is 0.935. The lowest BCUT2D eigenvalue weighted by Gasteiger charge is -2.08. The van der Waals surface area contributed by atoms with Crippen molar-refractivity contribution in [2.24, 2.45) is 0 Å². The lowest BCUT2D eigenvalue weighted by atomic mass is 11.5. The Morgan fingerprint density at radius 3 is 1.44 bits per heavy atom. The van der Waals surface area contributed by atoms with E-state index in [1.165, 1.54) is 0 Å². The molecule has 0 aromatic carbocycles. The summed E-state index contributed by atoms with van der Waals surface area (Å²) in [6.07, 6.45) is 0. The van der Waals surface area contributed by atoms with Crippen molar-refractivity contribution >= 4 is 19.9 Å². The van der Waals surface area contributed by atoms with Gasteiger partial charge in [0.05, 0.1) is 0 Å². The molecule has 0 spiro atoms. The number of rotatable bonds is 3. The van der Waals surface area contributed by atoms with Crippen molar-refractivity contribution in [3.8, 4) is 0 Å². The van der Waals surface area contributed by atoms with Gasteiger partial charge in [-0.05, 0) is 0 Å². The number of sulfonamides is 1. The van der Waals surface area contributed by atoms with Crippen LogP contribution < -0.4 is 4.72 Å². The molecule has 0 aliphatic carbocycles. The summed E-state index contributed by atoms with van der Waals surface area (Å²) in [4.78, 5) is 0. The van der Waals surface area contributed by atoms with E-state index in [9.17, 15) is 43.2 Å². The maximum absolute atomic E-state index is 11.6. The van der Waals surface area contributed by atoms with Gasteiger partial charge in [-0.15, -0.1) is 0 Å². The predicted octanol–water partition coefficient (Wildman–Crippen LogP) is -0.708. The Morgan fingerprint density at radius 2 is 1.19 bits per heavy atom. The summed E-state index contributed by atoms with van der Waals surface area (Å²) in [5, 5.41) is 0. The molecular formula is C3H4F6NO4S2+. The zero-order chi connectivity index (χ0) is 13.4. The summed E-state index contributed by atoms with van der Waals surface area (Å²) in [6.45, 7) is 0. The van der Waals surface area contributed by atoms with Crippen LogP contribution in [0.4, 0.5) is 26.3 Å². The molecule has 0 fully saturated rings. The van der Waals surface area contributed by atoms with Crippen molar-refractivity contribution < 1.29 is 47.9 Å². The third kappa shape index (κ3) is 3.48. The van der Waals surface area contributed by atoms with Crippen LogP contribution in [0, 0.1) is 0 Å². The number of halogens is 6. The van der Waals surface area contributed by atoms with Gasteiger partial charge in [-0.3, -0.25) is 0 Å². The number of sulfone groups is 1. The fourth-order valence-electron chi connectivity index (χ4n) is 0.368. The van der Waals surface area contributed by atoms with Crippen LogP contribution in [0.25, 0.3) is 0 Å². The molecule has 5 nitrogen and oxygen atoms in total. The monoisotopic (exact) mass is 296 g/mol. The third-order valence-electron chi connectivity index (χ3n) is 1.18. The second-order valence-electron chi connectivity index (χ2n) is 2.38. The highest BCUT2D eigenvalue weighted by Gasteiger charge is 2.53. The van der Waals surface area contributed by atoms with Crippen LogP contribution >= 0.6 is 0 Å². The van der Waals surface area contributed by atoms with Gasteiger partial charge >= 0.3 is 21.0 Å². The SMILES string of the molecule is O=S(=O)(C[NH2+]S(=O)(=O)C(F)(F)F)C(F)(F)F. The number of hydrogen-bond donors (Lipinski definition) is 1. The highest BCUT2D eigenvalue weighted by atomic mass is 32.2. The first-order chi connectivity index (χ1) is 6.71. The largest absolute Gasteiger partial charge is 0.549 e. The van der Waals surface area contributed by atoms with Crippen LogP contribution in [0.1, 0.15) is 0 Å². The van der Waals surface area contributed by atoms with Gasteiger partial charge in [-0.1, -0.05) is 0 Å². The highest BCUT2D eigenvalue weighted by molar-refractivity contribution is 7.92. The summed E-state index contributed by atoms with van der Waals surface area (Å²) in [5.74, 6) is -2.28. The molecule has 0 aromatic rings. The Hall–Kier alpha value is -0.560. The minimum Gasteiger partial charge on any atom is -0.220 e. The zero-order valence-corrected chi connectivity index (χ0v) is 8.63. The molecule has 0 aliphatic heterocycles. The minimum atomic E-state index is -6.00. The molecule has 2 N–H and O–H groups in total. The first-order valence-corrected chi connectivity index (χ1v) is 6.34. The van der Waals surface area contributed by atoms with Gasteiger partial charge < -0.3 is 0 Å². The molecule has 0 radical (unpaired) electrons. The molecule has 0 aromatic heterocycles. The molecule has 0 heterocycles. The van der Waals surface area contributed by atoms with E-state index in [0.717, 1.165) is 0 Å². The molecule has 16 heavy (non-hydrogen) atoms. The molecule has 0 saturated heterocycles. The van der Waals surface area contributed by atoms with Gasteiger partial charge in [0.15, 0.2) is 0 Å². The number of primary sulfonamides is 1. The molecular weight excluding hydrogens is 292 g/mol. The summed E-state index contributed by atoms with van der Waals surface area (Å²) in [5.41, 5.74) is -11.6. The first kappa shape index (κ1) is 15.4. The van der Waals surface area contributed by atoms with Gasteiger partial charge in [0.1, 0.15) is 0 Å². The van der Waals surface area contributed by atoms with Crippen molar-refractivity contribution in [1.82, 2.24) is 0 Å². The maximum Gasteiger partial charge on any atom is 0.549 e. The van der Waals surface area contributed by atoms with Gasteiger partial charge in [0.25, 0.3) is 9.84 Å². The van der Waals surface area contributed by atoms with E-state index >= 15 is 0 Å². The quantitative estimate of drug-likeness (QED) is 0.697. The topological polar surface area (TPSA) is 84.9 Å². The van der Waals surface area contributed by atoms with E-state index in [2.05, 4.69) is 0 Å². The molecule has 0 bridgehead atoms. The van der Waals surface area contributed by atoms with E-state index in [4.69, 9.17) is 0 Å². The van der Waals surface area contributed by atoms with E-state index in [-0.39, 0.29) is 0 Å². The van der Waals surface area contributed by atoms with Crippen LogP contribution in [0.5, 0.6) is 0 Å². The van der Waals surface area contributed by atoms with Gasteiger partial charge in [-0.2, -0.15) is 34.8 Å². The van der Waals surface area contributed by atoms with Crippen molar-refractivity contribution in [2.75, 3.05) is 5.88 Å². The number of alkyl halides is 6. The third-order valence-corrected chi connectivity index (χ3v) is 3.95. The number of hydrogen-bond acceptors (Lipinski definition) is 4. The Kier molecular flexibility index (Phi) is 3.89. The second kappa shape index (κ2) is 4.03. The lowest BCUT2D eigenvalue weighted by Crippen LogP contribution is -2.91. The Labute approximate surface area is 85.4 Å². The predicted molar refractivity (Wildman–Crippen MR) is 36.7 cm³/mol. The molecule has 98 valence electrons. The van der Waals surface area contributed by atoms with E-state index in [1.54, 1.807) is 0 Å². The second-order valence-corrected chi connectivity index (χ2v) is 6.30. The molecule has 0 atom stereocenters. The normalized spacial score (nSPS) is 15.1. The summed E-state index contributed by atoms with van der Waals surface area (Å²) < 4.78 is 110. The average Bonchev–Trinajstić information content (AvgIpc) is 1.97. The molecule has 0 saturated carbocycles. The fraction of sp³-hybridized carbons (Fsp3) is 1.00. The first-order valence-electron chi connectivity index (χ1n) is 3.14. The van der Waals surface area contributed by atoms with Crippen LogP contribution in [-0.4, -0.2) is 33.7 Å². The molecule has 0 amide bonds. The van der Waals surface area contributed by atoms with Crippen LogP contribution in [0.2, 0.25) is 0 Å². The highest BCUT2D eigenvalue weighted by Crippen LogP contribution is 2.23. The van der Waals surface area contributed by atoms with Gasteiger partial charge in [-0.25, -0.2) is 13.1 Å². The Balaban J connectivity index is 4.88. The summed E-state index contributed by atoms with van der Waals surface area (Å²) >= 11 is 0. The van der Waals surface area contributed by atoms with Crippen molar-refractivity contribution in [3.05, 3.63) is 0 Å². The fourth-order valence-corrected chi connectivity index (χ4v) is 2.18. The standard InChI is InChI=1S/C3H3F6NO4S2/c4-2(5,6)15(11,12)1-10-16(13,14)3(7,8)9/h10H,1H2/p+1. The molecule has 0 aliphatic rings. The Morgan fingerprint density at radius 1 is 0.812 bits per heavy atom. The van der Waals surface area contributed by atoms with Gasteiger partial charge in [0, 0.05) is 0 Å². The van der Waals surface area contributed by atoms with E-state index in [0.29, 0.717) is 0 Å². The van der Waals surface area contributed by atoms with Crippen molar-refractivity contribution in [3.63, 3.8) is 0 Å². The molecule has 13 heteroatoms. The number of quaternary nitrogens is 1. The van der Waals surface area contributed by atoms with Crippen LogP contribution in [0.3, 0.4) is 0 Å². The molecule has 0 rings (SSSR count). The summed E-state index contributed by atoms with van der Waals surface area (Å²) in [6, 6.07) is 0. The smallest absolute Gasteiger partial charge is 0.220 e. The van der Waals surface area contributed by atoms with E-state index < -0.39 is 41.5 Å². The molecule has 0 unspecified atom stereocenters. The Bertz CT molecular complexity index is 399. The van der Waals surface area contributed by atoms with Crippen LogP contribution in [-0.2, 0) is 19.9 Å².